The molecule has 0 aromatic rings. The van der Waals surface area contributed by atoms with Crippen molar-refractivity contribution in [3.63, 3.8) is 0 Å². The predicted octanol–water partition coefficient (Wildman–Crippen LogP) is -2.48. The van der Waals surface area contributed by atoms with Crippen LogP contribution in [0.3, 0.4) is 0 Å². The van der Waals surface area contributed by atoms with Gasteiger partial charge in [-0.3, -0.25) is 4.18 Å². The monoisotopic (exact) mass is 214 g/mol. The van der Waals surface area contributed by atoms with E-state index in [1.54, 1.807) is 0 Å². The van der Waals surface area contributed by atoms with Crippen LogP contribution >= 0.6 is 0 Å². The van der Waals surface area contributed by atoms with Gasteiger partial charge in [0.2, 0.25) is 10.4 Å². The minimum absolute atomic E-state index is 0. The van der Waals surface area contributed by atoms with Crippen LogP contribution in [-0.4, -0.2) is 19.1 Å². The third-order valence-corrected chi connectivity index (χ3v) is 1.57. The number of terminal acetylenes is 1. The fourth-order valence-electron chi connectivity index (χ4n) is 0.706. The van der Waals surface area contributed by atoms with Gasteiger partial charge in [0.05, 0.1) is 0 Å². The largest absolute Gasteiger partial charge is 1.00 e. The van der Waals surface area contributed by atoms with Crippen LogP contribution in [0.2, 0.25) is 0 Å². The Morgan fingerprint density at radius 2 is 2.00 bits per heavy atom. The molecule has 0 spiro atoms. The van der Waals surface area contributed by atoms with Gasteiger partial charge >= 0.3 is 29.6 Å². The van der Waals surface area contributed by atoms with E-state index in [-0.39, 0.29) is 35.5 Å². The Hall–Kier alpha value is 0.430. The number of hydrogen-bond acceptors (Lipinski definition) is 4. The van der Waals surface area contributed by atoms with Crippen molar-refractivity contribution in [2.45, 2.75) is 26.4 Å². The van der Waals surface area contributed by atoms with Crippen LogP contribution in [0.5, 0.6) is 0 Å². The fourth-order valence-corrected chi connectivity index (χ4v) is 1.12. The molecule has 0 aliphatic carbocycles. The molecule has 70 valence electrons. The zero-order chi connectivity index (χ0) is 9.78. The summed E-state index contributed by atoms with van der Waals surface area (Å²) in [6, 6.07) is 0. The molecule has 4 nitrogen and oxygen atoms in total. The average molecular weight is 214 g/mol. The molecule has 0 saturated heterocycles. The molecule has 1 atom stereocenters. The zero-order valence-corrected chi connectivity index (χ0v) is 10.8. The van der Waals surface area contributed by atoms with Gasteiger partial charge in [-0.05, 0) is 12.3 Å². The number of hydrogen-bond donors (Lipinski definition) is 0. The molecule has 6 heteroatoms. The van der Waals surface area contributed by atoms with Crippen molar-refractivity contribution in [2.24, 2.45) is 5.92 Å². The van der Waals surface area contributed by atoms with Gasteiger partial charge in [-0.1, -0.05) is 19.8 Å². The fraction of sp³-hybridized carbons (Fsp3) is 0.714. The standard InChI is InChI=1S/C7H12O4S.Na/c1-4-7(5-6(2)3)11-12(8,9)10;/h1,6-7H,5H2,2-3H3,(H,8,9,10);/q;+1/p-1/t7-;/m0./s1. The van der Waals surface area contributed by atoms with Crippen LogP contribution in [0.4, 0.5) is 0 Å². The van der Waals surface area contributed by atoms with E-state index in [2.05, 4.69) is 10.1 Å². The smallest absolute Gasteiger partial charge is 0.725 e. The van der Waals surface area contributed by atoms with Crippen molar-refractivity contribution >= 4 is 10.4 Å². The van der Waals surface area contributed by atoms with Gasteiger partial charge < -0.3 is 4.55 Å². The first kappa shape index (κ1) is 15.9. The zero-order valence-electron chi connectivity index (χ0n) is 7.98. The van der Waals surface area contributed by atoms with E-state index in [4.69, 9.17) is 6.42 Å². The maximum atomic E-state index is 10.1. The van der Waals surface area contributed by atoms with Gasteiger partial charge in [0.15, 0.2) is 0 Å². The maximum Gasteiger partial charge on any atom is 1.00 e. The van der Waals surface area contributed by atoms with Crippen molar-refractivity contribution in [3.8, 4) is 12.3 Å². The summed E-state index contributed by atoms with van der Waals surface area (Å²) in [7, 11) is -4.67. The van der Waals surface area contributed by atoms with E-state index in [0.29, 0.717) is 6.42 Å². The Bertz CT molecular complexity index is 265. The van der Waals surface area contributed by atoms with Crippen LogP contribution in [-0.2, 0) is 14.6 Å². The normalized spacial score (nSPS) is 13.2. The third-order valence-electron chi connectivity index (χ3n) is 1.11. The Labute approximate surface area is 101 Å². The van der Waals surface area contributed by atoms with Crippen LogP contribution in [0.25, 0.3) is 0 Å². The van der Waals surface area contributed by atoms with Crippen LogP contribution in [0, 0.1) is 18.3 Å². The Morgan fingerprint density at radius 1 is 1.54 bits per heavy atom. The van der Waals surface area contributed by atoms with Crippen molar-refractivity contribution in [1.29, 1.82) is 0 Å². The molecule has 0 amide bonds. The van der Waals surface area contributed by atoms with E-state index in [0.717, 1.165) is 0 Å². The van der Waals surface area contributed by atoms with Gasteiger partial charge in [0.25, 0.3) is 0 Å². The summed E-state index contributed by atoms with van der Waals surface area (Å²) in [5.41, 5.74) is 0. The van der Waals surface area contributed by atoms with Gasteiger partial charge in [0.1, 0.15) is 6.10 Å². The van der Waals surface area contributed by atoms with Gasteiger partial charge in [-0.2, -0.15) is 0 Å². The molecular weight excluding hydrogens is 203 g/mol. The van der Waals surface area contributed by atoms with Crippen molar-refractivity contribution in [2.75, 3.05) is 0 Å². The first-order chi connectivity index (χ1) is 5.35. The Morgan fingerprint density at radius 3 is 2.23 bits per heavy atom. The third kappa shape index (κ3) is 10.4. The molecule has 0 N–H and O–H groups in total. The molecule has 0 aromatic heterocycles. The first-order valence-electron chi connectivity index (χ1n) is 3.45. The molecule has 0 bridgehead atoms. The Balaban J connectivity index is 0. The summed E-state index contributed by atoms with van der Waals surface area (Å²) < 4.78 is 34.4. The summed E-state index contributed by atoms with van der Waals surface area (Å²) in [5.74, 6) is 2.28. The van der Waals surface area contributed by atoms with Crippen molar-refractivity contribution < 1.29 is 46.7 Å². The number of rotatable bonds is 4. The molecule has 0 unspecified atom stereocenters. The van der Waals surface area contributed by atoms with E-state index in [1.165, 1.54) is 0 Å². The molecule has 0 rings (SSSR count). The molecule has 0 aromatic carbocycles. The summed E-state index contributed by atoms with van der Waals surface area (Å²) in [6.07, 6.45) is 4.37. The molecule has 0 fully saturated rings. The topological polar surface area (TPSA) is 66.4 Å². The predicted molar refractivity (Wildman–Crippen MR) is 42.9 cm³/mol. The van der Waals surface area contributed by atoms with Crippen LogP contribution in [0.15, 0.2) is 0 Å². The van der Waals surface area contributed by atoms with Crippen molar-refractivity contribution in [3.05, 3.63) is 0 Å². The molecule has 13 heavy (non-hydrogen) atoms. The molecular formula is C7H11NaO4S. The maximum absolute atomic E-state index is 10.1. The summed E-state index contributed by atoms with van der Waals surface area (Å²) in [5, 5.41) is 0. The second kappa shape index (κ2) is 6.82. The average Bonchev–Trinajstić information content (AvgIpc) is 1.82. The van der Waals surface area contributed by atoms with E-state index in [9.17, 15) is 13.0 Å². The van der Waals surface area contributed by atoms with Gasteiger partial charge in [-0.15, -0.1) is 6.42 Å². The molecule has 0 heterocycles. The summed E-state index contributed by atoms with van der Waals surface area (Å²) >= 11 is 0. The minimum Gasteiger partial charge on any atom is -0.725 e. The van der Waals surface area contributed by atoms with Gasteiger partial charge in [0, 0.05) is 0 Å². The molecule has 0 saturated carbocycles. The second-order valence-corrected chi connectivity index (χ2v) is 3.80. The SMILES string of the molecule is C#C[C@@H](CC(C)C)OS(=O)(=O)[O-].[Na+]. The van der Waals surface area contributed by atoms with Crippen molar-refractivity contribution in [1.82, 2.24) is 0 Å². The Kier molecular flexibility index (Phi) is 8.33. The van der Waals surface area contributed by atoms with Gasteiger partial charge in [-0.25, -0.2) is 8.42 Å². The van der Waals surface area contributed by atoms with E-state index in [1.807, 2.05) is 13.8 Å². The quantitative estimate of drug-likeness (QED) is 0.225. The van der Waals surface area contributed by atoms with Crippen LogP contribution in [0.1, 0.15) is 20.3 Å². The molecule has 0 aliphatic rings. The van der Waals surface area contributed by atoms with Crippen LogP contribution < -0.4 is 29.6 Å². The summed E-state index contributed by atoms with van der Waals surface area (Å²) in [4.78, 5) is 0. The van der Waals surface area contributed by atoms with E-state index >= 15 is 0 Å². The minimum atomic E-state index is -4.67. The first-order valence-corrected chi connectivity index (χ1v) is 4.78. The van der Waals surface area contributed by atoms with E-state index < -0.39 is 16.5 Å². The molecule has 0 radical (unpaired) electrons. The molecule has 0 aliphatic heterocycles. The second-order valence-electron chi connectivity index (χ2n) is 2.79. The summed E-state index contributed by atoms with van der Waals surface area (Å²) in [6.45, 7) is 3.70.